The second kappa shape index (κ2) is 15.9. The predicted molar refractivity (Wildman–Crippen MR) is 219 cm³/mol. The third-order valence-electron chi connectivity index (χ3n) is 9.81. The smallest absolute Gasteiger partial charge is 0.410 e. The van der Waals surface area contributed by atoms with Gasteiger partial charge in [0.1, 0.15) is 30.7 Å². The highest BCUT2D eigenvalue weighted by atomic mass is 28.3. The predicted octanol–water partition coefficient (Wildman–Crippen LogP) is 8.48. The van der Waals surface area contributed by atoms with Crippen molar-refractivity contribution in [3.63, 3.8) is 0 Å². The van der Waals surface area contributed by atoms with E-state index in [1.807, 2.05) is 60.8 Å². The molecule has 0 radical (unpaired) electrons. The van der Waals surface area contributed by atoms with Gasteiger partial charge in [0, 0.05) is 71.4 Å². The zero-order valence-corrected chi connectivity index (χ0v) is 35.3. The largest absolute Gasteiger partial charge is 0.444 e. The fourth-order valence-electron chi connectivity index (χ4n) is 6.84. The Labute approximate surface area is 317 Å². The van der Waals surface area contributed by atoms with E-state index in [0.717, 1.165) is 64.6 Å². The summed E-state index contributed by atoms with van der Waals surface area (Å²) in [6.45, 7) is 23.5. The number of anilines is 2. The first-order valence-electron chi connectivity index (χ1n) is 19.1. The van der Waals surface area contributed by atoms with E-state index < -0.39 is 21.7 Å². The number of hydrogen-bond donors (Lipinski definition) is 0. The standard InChI is InChI=1S/C40H59N7O4Si2/c1-40(2,3)51-39(48)46-32-16-17-33(46)27-44(26-32)36-23-37(45(28-49-19-21-52(4,5)6)29-50-20-22-53(7,8)9)47-38(43-36)34(25-42-47)31-15-18-35(41-24-31)30-13-11-10-12-14-30/h10-15,18,23-25,32-33H,16-17,19-22,26-29H2,1-9H3. The fraction of sp³-hybridized carbons (Fsp3) is 0.550. The summed E-state index contributed by atoms with van der Waals surface area (Å²) in [4.78, 5) is 29.9. The van der Waals surface area contributed by atoms with Gasteiger partial charge in [-0.05, 0) is 51.8 Å². The van der Waals surface area contributed by atoms with E-state index in [2.05, 4.69) is 79.4 Å². The summed E-state index contributed by atoms with van der Waals surface area (Å²) in [7, 11) is -2.56. The minimum Gasteiger partial charge on any atom is -0.444 e. The van der Waals surface area contributed by atoms with Crippen molar-refractivity contribution in [2.24, 2.45) is 0 Å². The average Bonchev–Trinajstić information content (AvgIpc) is 3.63. The van der Waals surface area contributed by atoms with Crippen LogP contribution in [-0.4, -0.2) is 104 Å². The molecule has 0 spiro atoms. The van der Waals surface area contributed by atoms with Crippen LogP contribution in [0.3, 0.4) is 0 Å². The SMILES string of the molecule is CC(C)(C)OC(=O)N1C2CCC1CN(c1cc(N(COCC[Si](C)(C)C)COCC[Si](C)(C)C)n3ncc(-c4ccc(-c5ccccc5)nc4)c3n1)C2. The molecule has 13 heteroatoms. The maximum Gasteiger partial charge on any atom is 0.410 e. The lowest BCUT2D eigenvalue weighted by atomic mass is 10.1. The third kappa shape index (κ3) is 10.1. The molecule has 2 aliphatic heterocycles. The number of aromatic nitrogens is 4. The van der Waals surface area contributed by atoms with Crippen molar-refractivity contribution in [1.82, 2.24) is 24.5 Å². The number of fused-ring (bicyclic) bond motifs is 3. The number of amides is 1. The molecule has 3 aromatic heterocycles. The van der Waals surface area contributed by atoms with E-state index >= 15 is 0 Å². The number of pyridine rings is 1. The minimum absolute atomic E-state index is 0.0510. The number of piperazine rings is 1. The summed E-state index contributed by atoms with van der Waals surface area (Å²) in [6, 6.07) is 18.7. The van der Waals surface area contributed by atoms with E-state index in [9.17, 15) is 4.79 Å². The lowest BCUT2D eigenvalue weighted by Gasteiger charge is -2.42. The molecule has 11 nitrogen and oxygen atoms in total. The van der Waals surface area contributed by atoms with E-state index in [4.69, 9.17) is 29.3 Å². The topological polar surface area (TPSA) is 97.6 Å². The average molecular weight is 758 g/mol. The van der Waals surface area contributed by atoms with Crippen molar-refractivity contribution in [2.45, 2.75) is 103 Å². The van der Waals surface area contributed by atoms with Gasteiger partial charge >= 0.3 is 6.09 Å². The van der Waals surface area contributed by atoms with Gasteiger partial charge in [-0.15, -0.1) is 0 Å². The van der Waals surface area contributed by atoms with E-state index in [0.29, 0.717) is 39.8 Å². The Morgan fingerprint density at radius 2 is 1.47 bits per heavy atom. The first-order valence-corrected chi connectivity index (χ1v) is 26.5. The van der Waals surface area contributed by atoms with E-state index in [1.165, 1.54) is 0 Å². The molecule has 286 valence electrons. The molecule has 5 heterocycles. The number of carbonyl (C=O) groups excluding carboxylic acids is 1. The van der Waals surface area contributed by atoms with Crippen LogP contribution in [0.1, 0.15) is 33.6 Å². The van der Waals surface area contributed by atoms with Gasteiger partial charge in [-0.2, -0.15) is 9.61 Å². The highest BCUT2D eigenvalue weighted by Crippen LogP contribution is 2.36. The van der Waals surface area contributed by atoms with Crippen LogP contribution in [0.5, 0.6) is 0 Å². The van der Waals surface area contributed by atoms with Gasteiger partial charge in [0.15, 0.2) is 5.65 Å². The van der Waals surface area contributed by atoms with Crippen LogP contribution < -0.4 is 9.80 Å². The number of rotatable bonds is 14. The summed E-state index contributed by atoms with van der Waals surface area (Å²) >= 11 is 0. The van der Waals surface area contributed by atoms with Crippen molar-refractivity contribution >= 4 is 39.5 Å². The molecule has 2 bridgehead atoms. The first-order chi connectivity index (χ1) is 25.0. The van der Waals surface area contributed by atoms with Crippen LogP contribution in [0, 0.1) is 0 Å². The third-order valence-corrected chi connectivity index (χ3v) is 13.2. The normalized spacial score (nSPS) is 17.8. The fourth-order valence-corrected chi connectivity index (χ4v) is 8.35. The molecule has 2 unspecified atom stereocenters. The maximum atomic E-state index is 13.3. The van der Waals surface area contributed by atoms with Crippen molar-refractivity contribution in [3.8, 4) is 22.4 Å². The summed E-state index contributed by atoms with van der Waals surface area (Å²) in [6.07, 6.45) is 5.44. The Morgan fingerprint density at radius 1 is 0.849 bits per heavy atom. The molecule has 2 aliphatic rings. The van der Waals surface area contributed by atoms with Crippen LogP contribution >= 0.6 is 0 Å². The maximum absolute atomic E-state index is 13.3. The second-order valence-corrected chi connectivity index (χ2v) is 29.2. The Hall–Kier alpha value is -3.79. The molecule has 2 saturated heterocycles. The van der Waals surface area contributed by atoms with Gasteiger partial charge in [-0.1, -0.05) is 75.7 Å². The molecule has 4 aromatic rings. The van der Waals surface area contributed by atoms with Gasteiger partial charge in [-0.3, -0.25) is 9.88 Å². The minimum atomic E-state index is -1.28. The molecule has 0 aliphatic carbocycles. The summed E-state index contributed by atoms with van der Waals surface area (Å²) in [5.74, 6) is 1.70. The van der Waals surface area contributed by atoms with Crippen LogP contribution in [-0.2, 0) is 14.2 Å². The summed E-state index contributed by atoms with van der Waals surface area (Å²) in [5, 5.41) is 4.93. The van der Waals surface area contributed by atoms with Crippen LogP contribution in [0.4, 0.5) is 16.4 Å². The van der Waals surface area contributed by atoms with Gasteiger partial charge in [0.05, 0.1) is 24.0 Å². The molecule has 6 rings (SSSR count). The van der Waals surface area contributed by atoms with Gasteiger partial charge < -0.3 is 24.0 Å². The second-order valence-electron chi connectivity index (χ2n) is 18.0. The monoisotopic (exact) mass is 757 g/mol. The highest BCUT2D eigenvalue weighted by molar-refractivity contribution is 6.76. The Morgan fingerprint density at radius 3 is 2.02 bits per heavy atom. The quantitative estimate of drug-likeness (QED) is 0.0713. The molecule has 2 fully saturated rings. The molecule has 1 aromatic carbocycles. The number of hydrogen-bond acceptors (Lipinski definition) is 9. The van der Waals surface area contributed by atoms with Crippen molar-refractivity contribution < 1.29 is 19.0 Å². The zero-order valence-electron chi connectivity index (χ0n) is 33.3. The Balaban J connectivity index is 1.36. The lowest BCUT2D eigenvalue weighted by molar-refractivity contribution is 0.0122. The van der Waals surface area contributed by atoms with E-state index in [-0.39, 0.29) is 18.2 Å². The highest BCUT2D eigenvalue weighted by Gasteiger charge is 2.45. The lowest BCUT2D eigenvalue weighted by Crippen LogP contribution is -2.57. The summed E-state index contributed by atoms with van der Waals surface area (Å²) < 4.78 is 20.5. The van der Waals surface area contributed by atoms with Gasteiger partial charge in [-0.25, -0.2) is 9.78 Å². The molecule has 0 N–H and O–H groups in total. The zero-order chi connectivity index (χ0) is 38.0. The van der Waals surface area contributed by atoms with Crippen LogP contribution in [0.25, 0.3) is 28.0 Å². The molecular formula is C40H59N7O4Si2. The molecule has 1 amide bonds. The molecule has 2 atom stereocenters. The molecule has 53 heavy (non-hydrogen) atoms. The number of benzene rings is 1. The number of carbonyl (C=O) groups is 1. The summed E-state index contributed by atoms with van der Waals surface area (Å²) in [5.41, 5.74) is 4.02. The van der Waals surface area contributed by atoms with E-state index in [1.54, 1.807) is 0 Å². The van der Waals surface area contributed by atoms with Gasteiger partial charge in [0.2, 0.25) is 0 Å². The van der Waals surface area contributed by atoms with Crippen molar-refractivity contribution in [3.05, 3.63) is 60.9 Å². The van der Waals surface area contributed by atoms with Crippen molar-refractivity contribution in [2.75, 3.05) is 49.6 Å². The number of nitrogens with zero attached hydrogens (tertiary/aromatic N) is 7. The van der Waals surface area contributed by atoms with Crippen molar-refractivity contribution in [1.29, 1.82) is 0 Å². The van der Waals surface area contributed by atoms with Gasteiger partial charge in [0.25, 0.3) is 0 Å². The molecule has 0 saturated carbocycles. The Kier molecular flexibility index (Phi) is 11.7. The van der Waals surface area contributed by atoms with Crippen LogP contribution in [0.15, 0.2) is 60.9 Å². The van der Waals surface area contributed by atoms with Crippen LogP contribution in [0.2, 0.25) is 51.4 Å². The first kappa shape index (κ1) is 38.9. The Bertz CT molecular complexity index is 1800. The number of ether oxygens (including phenoxy) is 3. The molecular weight excluding hydrogens is 699 g/mol.